The quantitative estimate of drug-likeness (QED) is 0.776. The minimum absolute atomic E-state index is 0.683. The third-order valence-electron chi connectivity index (χ3n) is 1.95. The van der Waals surface area contributed by atoms with E-state index in [0.717, 1.165) is 6.42 Å². The molecule has 0 saturated heterocycles. The molecule has 1 aromatic carbocycles. The number of hydrogen-bond donors (Lipinski definition) is 1. The van der Waals surface area contributed by atoms with Crippen molar-refractivity contribution in [2.24, 2.45) is 0 Å². The molecule has 1 N–H and O–H groups in total. The summed E-state index contributed by atoms with van der Waals surface area (Å²) in [7, 11) is 0. The zero-order valence-electron chi connectivity index (χ0n) is 7.73. The van der Waals surface area contributed by atoms with E-state index in [0.29, 0.717) is 5.71 Å². The highest BCUT2D eigenvalue weighted by Gasteiger charge is 2.02. The van der Waals surface area contributed by atoms with Crippen molar-refractivity contribution >= 4 is 17.5 Å². The Bertz CT molecular complexity index is 390. The van der Waals surface area contributed by atoms with Crippen LogP contribution in [0, 0.1) is 5.41 Å². The van der Waals surface area contributed by atoms with E-state index in [2.05, 4.69) is 18.2 Å². The number of thioether (sulfide) groups is 1. The van der Waals surface area contributed by atoms with E-state index in [1.165, 1.54) is 9.80 Å². The molecule has 1 nitrogen and oxygen atoms in total. The van der Waals surface area contributed by atoms with Gasteiger partial charge in [0.1, 0.15) is 0 Å². The molecule has 14 heavy (non-hydrogen) atoms. The van der Waals surface area contributed by atoms with E-state index in [1.54, 1.807) is 11.8 Å². The second-order valence-electron chi connectivity index (χ2n) is 3.08. The normalized spacial score (nSPS) is 15.4. The first-order valence-corrected chi connectivity index (χ1v) is 5.35. The minimum Gasteiger partial charge on any atom is -0.305 e. The smallest absolute Gasteiger partial charge is 0.0352 e. The summed E-state index contributed by atoms with van der Waals surface area (Å²) in [5, 5.41) is 7.42. The van der Waals surface area contributed by atoms with E-state index >= 15 is 0 Å². The largest absolute Gasteiger partial charge is 0.305 e. The second kappa shape index (κ2) is 4.29. The van der Waals surface area contributed by atoms with Gasteiger partial charge in [0.2, 0.25) is 0 Å². The van der Waals surface area contributed by atoms with E-state index in [4.69, 9.17) is 5.41 Å². The number of nitrogens with one attached hydrogen (secondary N) is 1. The summed E-state index contributed by atoms with van der Waals surface area (Å²) >= 11 is 1.74. The molecule has 0 aromatic heterocycles. The average molecular weight is 201 g/mol. The van der Waals surface area contributed by atoms with Crippen LogP contribution in [-0.4, -0.2) is 5.71 Å². The Labute approximate surface area is 88.0 Å². The molecule has 0 bridgehead atoms. The maximum absolute atomic E-state index is 7.42. The fourth-order valence-corrected chi connectivity index (χ4v) is 2.10. The summed E-state index contributed by atoms with van der Waals surface area (Å²) in [5.74, 6) is 0. The maximum atomic E-state index is 7.42. The molecule has 1 aliphatic rings. The summed E-state index contributed by atoms with van der Waals surface area (Å²) in [6.07, 6.45) is 6.72. The van der Waals surface area contributed by atoms with Crippen LogP contribution in [0.25, 0.3) is 0 Å². The van der Waals surface area contributed by atoms with E-state index in [9.17, 15) is 0 Å². The Morgan fingerprint density at radius 3 is 2.50 bits per heavy atom. The SMILES string of the molecule is N=C1C=CC(Sc2ccccc2)=CC1. The van der Waals surface area contributed by atoms with Crippen LogP contribution in [0.3, 0.4) is 0 Å². The lowest BCUT2D eigenvalue weighted by molar-refractivity contribution is 1.36. The highest BCUT2D eigenvalue weighted by atomic mass is 32.2. The Kier molecular flexibility index (Phi) is 2.84. The molecule has 70 valence electrons. The Morgan fingerprint density at radius 2 is 1.86 bits per heavy atom. The van der Waals surface area contributed by atoms with E-state index in [-0.39, 0.29) is 0 Å². The first-order chi connectivity index (χ1) is 6.84. The van der Waals surface area contributed by atoms with Gasteiger partial charge in [-0.25, -0.2) is 0 Å². The summed E-state index contributed by atoms with van der Waals surface area (Å²) in [6.45, 7) is 0. The molecule has 0 fully saturated rings. The molecule has 0 spiro atoms. The van der Waals surface area contributed by atoms with Gasteiger partial charge in [0.15, 0.2) is 0 Å². The zero-order chi connectivity index (χ0) is 9.80. The fourth-order valence-electron chi connectivity index (χ4n) is 1.23. The second-order valence-corrected chi connectivity index (χ2v) is 4.23. The van der Waals surface area contributed by atoms with Crippen LogP contribution >= 0.6 is 11.8 Å². The predicted molar refractivity (Wildman–Crippen MR) is 61.9 cm³/mol. The van der Waals surface area contributed by atoms with E-state index < -0.39 is 0 Å². The van der Waals surface area contributed by atoms with Crippen LogP contribution in [0.4, 0.5) is 0 Å². The van der Waals surface area contributed by atoms with Crippen molar-refractivity contribution in [2.45, 2.75) is 11.3 Å². The molecule has 0 atom stereocenters. The van der Waals surface area contributed by atoms with Gasteiger partial charge in [0.05, 0.1) is 0 Å². The van der Waals surface area contributed by atoms with Crippen molar-refractivity contribution in [1.29, 1.82) is 5.41 Å². The molecule has 0 radical (unpaired) electrons. The predicted octanol–water partition coefficient (Wildman–Crippen LogP) is 3.64. The van der Waals surface area contributed by atoms with Crippen LogP contribution in [-0.2, 0) is 0 Å². The topological polar surface area (TPSA) is 23.9 Å². The summed E-state index contributed by atoms with van der Waals surface area (Å²) in [6, 6.07) is 10.3. The first kappa shape index (κ1) is 9.28. The lowest BCUT2D eigenvalue weighted by Crippen LogP contribution is -1.93. The van der Waals surface area contributed by atoms with Crippen LogP contribution in [0.15, 0.2) is 58.4 Å². The monoisotopic (exact) mass is 201 g/mol. The standard InChI is InChI=1S/C12H11NS/c13-10-6-8-12(9-7-10)14-11-4-2-1-3-5-11/h1-6,8-9,13H,7H2. The third kappa shape index (κ3) is 2.36. The molecular formula is C12H11NS. The summed E-state index contributed by atoms with van der Waals surface area (Å²) in [4.78, 5) is 2.48. The average Bonchev–Trinajstić information content (AvgIpc) is 2.23. The molecule has 0 amide bonds. The molecule has 2 rings (SSSR count). The van der Waals surface area contributed by atoms with Crippen LogP contribution in [0.2, 0.25) is 0 Å². The molecule has 0 heterocycles. The van der Waals surface area contributed by atoms with Gasteiger partial charge in [-0.3, -0.25) is 0 Å². The molecule has 0 aliphatic heterocycles. The van der Waals surface area contributed by atoms with Gasteiger partial charge in [-0.2, -0.15) is 0 Å². The lowest BCUT2D eigenvalue weighted by Gasteiger charge is -2.06. The van der Waals surface area contributed by atoms with Gasteiger partial charge in [0, 0.05) is 21.9 Å². The molecule has 0 unspecified atom stereocenters. The Balaban J connectivity index is 2.06. The molecule has 0 saturated carbocycles. The van der Waals surface area contributed by atoms with Crippen molar-refractivity contribution < 1.29 is 0 Å². The van der Waals surface area contributed by atoms with Crippen LogP contribution in [0.1, 0.15) is 6.42 Å². The molecule has 1 aromatic rings. The minimum atomic E-state index is 0.683. The maximum Gasteiger partial charge on any atom is 0.0352 e. The number of rotatable bonds is 2. The van der Waals surface area contributed by atoms with Gasteiger partial charge in [0.25, 0.3) is 0 Å². The first-order valence-electron chi connectivity index (χ1n) is 4.53. The van der Waals surface area contributed by atoms with Crippen molar-refractivity contribution in [2.75, 3.05) is 0 Å². The molecule has 2 heteroatoms. The van der Waals surface area contributed by atoms with Crippen molar-refractivity contribution in [1.82, 2.24) is 0 Å². The molecular weight excluding hydrogens is 190 g/mol. The van der Waals surface area contributed by atoms with Gasteiger partial charge in [-0.05, 0) is 24.3 Å². The van der Waals surface area contributed by atoms with E-state index in [1.807, 2.05) is 30.4 Å². The zero-order valence-corrected chi connectivity index (χ0v) is 8.55. The highest BCUT2D eigenvalue weighted by Crippen LogP contribution is 2.28. The third-order valence-corrected chi connectivity index (χ3v) is 3.00. The van der Waals surface area contributed by atoms with Gasteiger partial charge in [-0.1, -0.05) is 36.0 Å². The van der Waals surface area contributed by atoms with Crippen molar-refractivity contribution in [3.63, 3.8) is 0 Å². The molecule has 1 aliphatic carbocycles. The van der Waals surface area contributed by atoms with Gasteiger partial charge >= 0.3 is 0 Å². The Morgan fingerprint density at radius 1 is 1.07 bits per heavy atom. The number of hydrogen-bond acceptors (Lipinski definition) is 2. The Hall–Kier alpha value is -1.28. The lowest BCUT2D eigenvalue weighted by atomic mass is 10.2. The highest BCUT2D eigenvalue weighted by molar-refractivity contribution is 8.03. The fraction of sp³-hybridized carbons (Fsp3) is 0.0833. The van der Waals surface area contributed by atoms with Crippen LogP contribution < -0.4 is 0 Å². The van der Waals surface area contributed by atoms with Gasteiger partial charge < -0.3 is 5.41 Å². The number of allylic oxidation sites excluding steroid dienone is 3. The summed E-state index contributed by atoms with van der Waals surface area (Å²) < 4.78 is 0. The van der Waals surface area contributed by atoms with Crippen molar-refractivity contribution in [3.05, 3.63) is 53.5 Å². The summed E-state index contributed by atoms with van der Waals surface area (Å²) in [5.41, 5.74) is 0.683. The number of benzene rings is 1. The van der Waals surface area contributed by atoms with Crippen molar-refractivity contribution in [3.8, 4) is 0 Å². The van der Waals surface area contributed by atoms with Crippen LogP contribution in [0.5, 0.6) is 0 Å². The van der Waals surface area contributed by atoms with Gasteiger partial charge in [-0.15, -0.1) is 0 Å².